The number of ketones is 1. The van der Waals surface area contributed by atoms with E-state index in [1.54, 1.807) is 27.9 Å². The molecule has 0 aromatic carbocycles. The lowest BCUT2D eigenvalue weighted by atomic mass is 9.39. The van der Waals surface area contributed by atoms with Crippen molar-refractivity contribution in [1.29, 1.82) is 0 Å². The highest BCUT2D eigenvalue weighted by Gasteiger charge is 2.78. The molecule has 0 aromatic heterocycles. The molecular formula is C31H47NO9. The molecular weight excluding hydrogens is 530 g/mol. The first-order chi connectivity index (χ1) is 18.9. The van der Waals surface area contributed by atoms with Gasteiger partial charge in [-0.25, -0.2) is 9.59 Å². The van der Waals surface area contributed by atoms with Crippen LogP contribution in [0.4, 0.5) is 4.79 Å². The van der Waals surface area contributed by atoms with Crippen LogP contribution in [0.5, 0.6) is 0 Å². The number of amides is 1. The summed E-state index contributed by atoms with van der Waals surface area (Å²) < 4.78 is 23.3. The highest BCUT2D eigenvalue weighted by molar-refractivity contribution is 6.05. The van der Waals surface area contributed by atoms with Crippen molar-refractivity contribution in [2.45, 2.75) is 111 Å². The molecule has 9 atom stereocenters. The van der Waals surface area contributed by atoms with Crippen LogP contribution in [0.15, 0.2) is 12.2 Å². The Bertz CT molecular complexity index is 1110. The number of ether oxygens (including phenoxy) is 4. The summed E-state index contributed by atoms with van der Waals surface area (Å²) in [6.07, 6.45) is -0.249. The summed E-state index contributed by atoms with van der Waals surface area (Å²) in [7, 11) is 1.54. The van der Waals surface area contributed by atoms with E-state index in [4.69, 9.17) is 18.9 Å². The number of Topliss-reactive ketones (excluding diaryl/α,β-unsaturated/α-hetero) is 1. The third-order valence-electron chi connectivity index (χ3n) is 10.2. The van der Waals surface area contributed by atoms with Gasteiger partial charge in [0.05, 0.1) is 18.8 Å². The molecule has 10 nitrogen and oxygen atoms in total. The van der Waals surface area contributed by atoms with E-state index >= 15 is 0 Å². The summed E-state index contributed by atoms with van der Waals surface area (Å²) in [5.74, 6) is -2.76. The van der Waals surface area contributed by atoms with Crippen LogP contribution in [0.3, 0.4) is 0 Å². The van der Waals surface area contributed by atoms with Crippen molar-refractivity contribution < 1.29 is 43.2 Å². The molecule has 2 bridgehead atoms. The first kappa shape index (κ1) is 31.5. The minimum Gasteiger partial charge on any atom is -0.465 e. The van der Waals surface area contributed by atoms with E-state index in [0.29, 0.717) is 18.4 Å². The number of esters is 2. The maximum Gasteiger partial charge on any atom is 0.408 e. The zero-order valence-corrected chi connectivity index (χ0v) is 25.7. The van der Waals surface area contributed by atoms with Gasteiger partial charge >= 0.3 is 18.0 Å². The minimum atomic E-state index is -1.42. The Morgan fingerprint density at radius 2 is 1.83 bits per heavy atom. The maximum absolute atomic E-state index is 14.4. The van der Waals surface area contributed by atoms with Crippen LogP contribution in [0.25, 0.3) is 0 Å². The van der Waals surface area contributed by atoms with Crippen molar-refractivity contribution in [3.8, 4) is 0 Å². The number of nitrogens with one attached hydrogen (secondary N) is 1. The van der Waals surface area contributed by atoms with Crippen molar-refractivity contribution in [2.24, 2.45) is 34.0 Å². The smallest absolute Gasteiger partial charge is 0.408 e. The van der Waals surface area contributed by atoms with Crippen molar-refractivity contribution >= 4 is 23.8 Å². The Kier molecular flexibility index (Phi) is 8.19. The van der Waals surface area contributed by atoms with Gasteiger partial charge in [0.1, 0.15) is 23.2 Å². The lowest BCUT2D eigenvalue weighted by Crippen LogP contribution is -2.72. The lowest BCUT2D eigenvalue weighted by molar-refractivity contribution is -0.272. The molecule has 4 fully saturated rings. The van der Waals surface area contributed by atoms with Gasteiger partial charge in [-0.1, -0.05) is 26.8 Å². The SMILES string of the molecule is C=C1C(=O)[C@]23[C@H](OC(=O)[C@H](C)NC(=O)OC(C)(C)C)[C@H]1C[C@H](O)[C@H]2[C@]1(COC(C)=O)CCCC(C)(C)[C@H]1C[C@H]3OC. The molecule has 0 aliphatic heterocycles. The van der Waals surface area contributed by atoms with Gasteiger partial charge in [-0.2, -0.15) is 0 Å². The normalized spacial score (nSPS) is 38.3. The zero-order valence-electron chi connectivity index (χ0n) is 25.7. The van der Waals surface area contributed by atoms with Crippen LogP contribution in [-0.2, 0) is 33.3 Å². The third kappa shape index (κ3) is 5.09. The van der Waals surface area contributed by atoms with E-state index in [-0.39, 0.29) is 30.1 Å². The fraction of sp³-hybridized carbons (Fsp3) is 0.806. The van der Waals surface area contributed by atoms with Crippen LogP contribution in [0, 0.1) is 34.0 Å². The summed E-state index contributed by atoms with van der Waals surface area (Å²) in [6, 6.07) is -1.06. The van der Waals surface area contributed by atoms with Crippen LogP contribution >= 0.6 is 0 Å². The molecule has 10 heteroatoms. The van der Waals surface area contributed by atoms with E-state index in [1.807, 2.05) is 0 Å². The number of aliphatic hydroxyl groups excluding tert-OH is 1. The van der Waals surface area contributed by atoms with Gasteiger partial charge in [-0.05, 0) is 70.3 Å². The molecule has 1 spiro atoms. The molecule has 0 heterocycles. The molecule has 0 aromatic rings. The molecule has 4 aliphatic carbocycles. The van der Waals surface area contributed by atoms with Gasteiger partial charge in [0.25, 0.3) is 0 Å². The van der Waals surface area contributed by atoms with Gasteiger partial charge in [0, 0.05) is 31.3 Å². The Morgan fingerprint density at radius 1 is 1.17 bits per heavy atom. The van der Waals surface area contributed by atoms with Gasteiger partial charge in [0.15, 0.2) is 5.78 Å². The Morgan fingerprint density at radius 3 is 2.41 bits per heavy atom. The minimum absolute atomic E-state index is 0.0272. The third-order valence-corrected chi connectivity index (χ3v) is 10.2. The van der Waals surface area contributed by atoms with Crippen molar-refractivity contribution in [2.75, 3.05) is 13.7 Å². The fourth-order valence-corrected chi connectivity index (χ4v) is 8.85. The molecule has 230 valence electrons. The number of hydrogen-bond acceptors (Lipinski definition) is 9. The van der Waals surface area contributed by atoms with Crippen LogP contribution in [0.1, 0.15) is 80.6 Å². The molecule has 0 saturated heterocycles. The quantitative estimate of drug-likeness (QED) is 0.275. The Labute approximate surface area is 242 Å². The standard InChI is InChI=1S/C31H47NO9/c1-16-19-13-20(34)23-30(15-39-18(3)33)12-10-11-29(7,8)21(30)14-22(38-9)31(23,24(16)35)25(19)40-26(36)17(2)32-27(37)41-28(4,5)6/h17,19-23,25,34H,1,10-15H2,2-9H3,(H,32,37)/t17-,19-,20-,21+,22+,23-,25+,30-,31+/m0/s1. The number of carbonyl (C=O) groups excluding carboxylic acids is 4. The second kappa shape index (κ2) is 10.7. The summed E-state index contributed by atoms with van der Waals surface area (Å²) >= 11 is 0. The average molecular weight is 578 g/mol. The summed E-state index contributed by atoms with van der Waals surface area (Å²) in [5.41, 5.74) is -2.78. The largest absolute Gasteiger partial charge is 0.465 e. The topological polar surface area (TPSA) is 137 Å². The van der Waals surface area contributed by atoms with Gasteiger partial charge in [-0.3, -0.25) is 9.59 Å². The first-order valence-corrected chi connectivity index (χ1v) is 14.7. The monoisotopic (exact) mass is 577 g/mol. The molecule has 41 heavy (non-hydrogen) atoms. The predicted molar refractivity (Wildman–Crippen MR) is 148 cm³/mol. The number of carbonyl (C=O) groups is 4. The second-order valence-electron chi connectivity index (χ2n) is 14.3. The molecule has 2 N–H and O–H groups in total. The molecule has 0 unspecified atom stereocenters. The fourth-order valence-electron chi connectivity index (χ4n) is 8.85. The number of hydrogen-bond donors (Lipinski definition) is 2. The Hall–Kier alpha value is -2.46. The Balaban J connectivity index is 1.78. The first-order valence-electron chi connectivity index (χ1n) is 14.7. The number of methoxy groups -OCH3 is 1. The predicted octanol–water partition coefficient (Wildman–Crippen LogP) is 3.73. The lowest BCUT2D eigenvalue weighted by Gasteiger charge is -2.67. The number of aliphatic hydroxyl groups is 1. The van der Waals surface area contributed by atoms with Gasteiger partial charge < -0.3 is 29.4 Å². The van der Waals surface area contributed by atoms with E-state index < -0.39 is 70.7 Å². The zero-order chi connectivity index (χ0) is 30.7. The number of rotatable bonds is 6. The summed E-state index contributed by atoms with van der Waals surface area (Å²) in [5, 5.41) is 14.4. The molecule has 4 rings (SSSR count). The maximum atomic E-state index is 14.4. The van der Waals surface area contributed by atoms with E-state index in [1.165, 1.54) is 13.8 Å². The van der Waals surface area contributed by atoms with Crippen LogP contribution in [-0.4, -0.2) is 72.6 Å². The molecule has 4 aliphatic rings. The van der Waals surface area contributed by atoms with E-state index in [0.717, 1.165) is 12.8 Å². The van der Waals surface area contributed by atoms with Crippen molar-refractivity contribution in [3.63, 3.8) is 0 Å². The van der Waals surface area contributed by atoms with Crippen molar-refractivity contribution in [1.82, 2.24) is 5.32 Å². The van der Waals surface area contributed by atoms with Crippen LogP contribution < -0.4 is 5.32 Å². The summed E-state index contributed by atoms with van der Waals surface area (Å²) in [4.78, 5) is 52.3. The van der Waals surface area contributed by atoms with Crippen LogP contribution in [0.2, 0.25) is 0 Å². The van der Waals surface area contributed by atoms with Crippen molar-refractivity contribution in [3.05, 3.63) is 12.2 Å². The number of alkyl carbamates (subject to hydrolysis) is 1. The molecule has 1 amide bonds. The summed E-state index contributed by atoms with van der Waals surface area (Å²) in [6.45, 7) is 16.5. The van der Waals surface area contributed by atoms with E-state index in [9.17, 15) is 24.3 Å². The highest BCUT2D eigenvalue weighted by Crippen LogP contribution is 2.72. The van der Waals surface area contributed by atoms with Gasteiger partial charge in [-0.15, -0.1) is 0 Å². The average Bonchev–Trinajstić information content (AvgIpc) is 2.97. The second-order valence-corrected chi connectivity index (χ2v) is 14.3. The highest BCUT2D eigenvalue weighted by atomic mass is 16.6. The van der Waals surface area contributed by atoms with Gasteiger partial charge in [0.2, 0.25) is 0 Å². The van der Waals surface area contributed by atoms with E-state index in [2.05, 4.69) is 25.7 Å². The number of fused-ring (bicyclic) bond motifs is 3. The molecule has 0 radical (unpaired) electrons. The molecule has 4 saturated carbocycles.